The fourth-order valence-corrected chi connectivity index (χ4v) is 3.75. The third kappa shape index (κ3) is 3.96. The maximum Gasteiger partial charge on any atom is 0.415 e. The molecule has 6 nitrogen and oxygen atoms in total. The fraction of sp³-hybridized carbons (Fsp3) is 0.526. The van der Waals surface area contributed by atoms with Crippen molar-refractivity contribution in [3.8, 4) is 11.8 Å². The van der Waals surface area contributed by atoms with E-state index in [9.17, 15) is 14.0 Å². The first-order valence-electron chi connectivity index (χ1n) is 8.90. The highest BCUT2D eigenvalue weighted by atomic mass is 19.1. The van der Waals surface area contributed by atoms with Crippen LogP contribution < -0.4 is 4.74 Å². The van der Waals surface area contributed by atoms with Crippen LogP contribution in [0.25, 0.3) is 0 Å². The number of ether oxygens (including phenoxy) is 1. The number of alkyl halides is 1. The standard InChI is InChI=1S/C19H22FN3O3/c1-13-3-2-4-18(24)23(13)16-9-15(20)11-22(12-16)19(25)26-17-7-5-14(10-21)6-8-17/h5-8,13,15-16H,2-4,9,11-12H2,1H3. The molecule has 1 aromatic carbocycles. The summed E-state index contributed by atoms with van der Waals surface area (Å²) < 4.78 is 19.6. The lowest BCUT2D eigenvalue weighted by Crippen LogP contribution is -2.58. The molecule has 0 aromatic heterocycles. The van der Waals surface area contributed by atoms with Gasteiger partial charge in [0.15, 0.2) is 0 Å². The zero-order valence-corrected chi connectivity index (χ0v) is 14.7. The molecular weight excluding hydrogens is 337 g/mol. The Morgan fingerprint density at radius 3 is 2.69 bits per heavy atom. The van der Waals surface area contributed by atoms with Crippen LogP contribution in [0.2, 0.25) is 0 Å². The van der Waals surface area contributed by atoms with Gasteiger partial charge in [0, 0.05) is 25.4 Å². The summed E-state index contributed by atoms with van der Waals surface area (Å²) in [5.41, 5.74) is 0.462. The maximum atomic E-state index is 14.3. The quantitative estimate of drug-likeness (QED) is 0.814. The molecule has 0 N–H and O–H groups in total. The minimum atomic E-state index is -1.19. The van der Waals surface area contributed by atoms with E-state index in [1.807, 2.05) is 13.0 Å². The van der Waals surface area contributed by atoms with Crippen LogP contribution in [0.1, 0.15) is 38.2 Å². The Kier molecular flexibility index (Phi) is 5.40. The van der Waals surface area contributed by atoms with E-state index in [-0.39, 0.29) is 37.5 Å². The molecule has 2 heterocycles. The molecule has 2 amide bonds. The van der Waals surface area contributed by atoms with E-state index in [1.54, 1.807) is 17.0 Å². The van der Waals surface area contributed by atoms with E-state index in [0.29, 0.717) is 17.7 Å². The van der Waals surface area contributed by atoms with Crippen molar-refractivity contribution in [1.29, 1.82) is 5.26 Å². The van der Waals surface area contributed by atoms with Gasteiger partial charge in [0.25, 0.3) is 0 Å². The number of likely N-dealkylation sites (tertiary alicyclic amines) is 2. The normalized spacial score (nSPS) is 26.3. The van der Waals surface area contributed by atoms with Crippen LogP contribution in [0.3, 0.4) is 0 Å². The van der Waals surface area contributed by atoms with Crippen molar-refractivity contribution in [3.63, 3.8) is 0 Å². The van der Waals surface area contributed by atoms with Gasteiger partial charge in [-0.1, -0.05) is 0 Å². The number of amides is 2. The summed E-state index contributed by atoms with van der Waals surface area (Å²) in [5, 5.41) is 8.80. The van der Waals surface area contributed by atoms with Crippen molar-refractivity contribution < 1.29 is 18.7 Å². The molecule has 3 unspecified atom stereocenters. The summed E-state index contributed by atoms with van der Waals surface area (Å²) >= 11 is 0. The van der Waals surface area contributed by atoms with Crippen molar-refractivity contribution in [2.45, 2.75) is 50.9 Å². The number of carbonyl (C=O) groups excluding carboxylic acids is 2. The average Bonchev–Trinajstić information content (AvgIpc) is 2.62. The number of hydrogen-bond donors (Lipinski definition) is 0. The second-order valence-corrected chi connectivity index (χ2v) is 6.94. The van der Waals surface area contributed by atoms with Gasteiger partial charge in [-0.2, -0.15) is 5.26 Å². The van der Waals surface area contributed by atoms with Gasteiger partial charge in [0.05, 0.1) is 24.2 Å². The largest absolute Gasteiger partial charge is 0.415 e. The van der Waals surface area contributed by atoms with E-state index < -0.39 is 12.3 Å². The Morgan fingerprint density at radius 2 is 2.04 bits per heavy atom. The van der Waals surface area contributed by atoms with Crippen molar-refractivity contribution >= 4 is 12.0 Å². The molecule has 0 aliphatic carbocycles. The second-order valence-electron chi connectivity index (χ2n) is 6.94. The predicted octanol–water partition coefficient (Wildman–Crippen LogP) is 2.87. The third-order valence-electron chi connectivity index (χ3n) is 4.99. The highest BCUT2D eigenvalue weighted by Gasteiger charge is 2.38. The van der Waals surface area contributed by atoms with Crippen molar-refractivity contribution in [2.75, 3.05) is 13.1 Å². The Labute approximate surface area is 152 Å². The number of nitrogens with zero attached hydrogens (tertiary/aromatic N) is 3. The first kappa shape index (κ1) is 18.2. The summed E-state index contributed by atoms with van der Waals surface area (Å²) in [6.45, 7) is 2.20. The molecule has 2 saturated heterocycles. The summed E-state index contributed by atoms with van der Waals surface area (Å²) in [7, 11) is 0. The van der Waals surface area contributed by atoms with Gasteiger partial charge in [-0.25, -0.2) is 9.18 Å². The van der Waals surface area contributed by atoms with E-state index in [2.05, 4.69) is 0 Å². The smallest absolute Gasteiger partial charge is 0.410 e. The highest BCUT2D eigenvalue weighted by Crippen LogP contribution is 2.27. The van der Waals surface area contributed by atoms with Gasteiger partial charge in [0.1, 0.15) is 11.9 Å². The molecule has 2 aliphatic rings. The number of carbonyl (C=O) groups is 2. The molecule has 2 aliphatic heterocycles. The van der Waals surface area contributed by atoms with Crippen LogP contribution in [-0.4, -0.2) is 53.1 Å². The first-order valence-corrected chi connectivity index (χ1v) is 8.90. The van der Waals surface area contributed by atoms with E-state index in [0.717, 1.165) is 12.8 Å². The lowest BCUT2D eigenvalue weighted by molar-refractivity contribution is -0.140. The monoisotopic (exact) mass is 359 g/mol. The summed E-state index contributed by atoms with van der Waals surface area (Å²) in [6.07, 6.45) is 0.648. The minimum Gasteiger partial charge on any atom is -0.410 e. The number of rotatable bonds is 2. The molecule has 1 aromatic rings. The predicted molar refractivity (Wildman–Crippen MR) is 92.2 cm³/mol. The number of nitriles is 1. The first-order chi connectivity index (χ1) is 12.5. The van der Waals surface area contributed by atoms with Crippen molar-refractivity contribution in [1.82, 2.24) is 9.80 Å². The summed E-state index contributed by atoms with van der Waals surface area (Å²) in [5.74, 6) is 0.331. The fourth-order valence-electron chi connectivity index (χ4n) is 3.75. The Morgan fingerprint density at radius 1 is 1.31 bits per heavy atom. The number of hydrogen-bond acceptors (Lipinski definition) is 4. The SMILES string of the molecule is CC1CCCC(=O)N1C1CC(F)CN(C(=O)Oc2ccc(C#N)cc2)C1. The molecule has 138 valence electrons. The number of benzene rings is 1. The summed E-state index contributed by atoms with van der Waals surface area (Å²) in [6, 6.07) is 7.88. The number of piperidine rings is 2. The Hall–Kier alpha value is -2.62. The van der Waals surface area contributed by atoms with Crippen LogP contribution in [0.4, 0.5) is 9.18 Å². The van der Waals surface area contributed by atoms with Crippen LogP contribution in [0, 0.1) is 11.3 Å². The van der Waals surface area contributed by atoms with Gasteiger partial charge in [-0.05, 0) is 44.0 Å². The molecule has 0 saturated carbocycles. The lowest BCUT2D eigenvalue weighted by Gasteiger charge is -2.44. The third-order valence-corrected chi connectivity index (χ3v) is 4.99. The zero-order valence-electron chi connectivity index (χ0n) is 14.7. The van der Waals surface area contributed by atoms with Crippen LogP contribution in [-0.2, 0) is 4.79 Å². The van der Waals surface area contributed by atoms with Crippen LogP contribution >= 0.6 is 0 Å². The van der Waals surface area contributed by atoms with Gasteiger partial charge in [0.2, 0.25) is 5.91 Å². The molecule has 0 spiro atoms. The topological polar surface area (TPSA) is 73.6 Å². The molecule has 26 heavy (non-hydrogen) atoms. The maximum absolute atomic E-state index is 14.3. The second kappa shape index (κ2) is 7.73. The van der Waals surface area contributed by atoms with Gasteiger partial charge in [-0.15, -0.1) is 0 Å². The van der Waals surface area contributed by atoms with E-state index in [1.165, 1.54) is 17.0 Å². The Bertz CT molecular complexity index is 716. The van der Waals surface area contributed by atoms with Crippen molar-refractivity contribution in [2.24, 2.45) is 0 Å². The molecule has 0 bridgehead atoms. The zero-order chi connectivity index (χ0) is 18.7. The average molecular weight is 359 g/mol. The minimum absolute atomic E-state index is 0.0308. The van der Waals surface area contributed by atoms with Gasteiger partial charge in [-0.3, -0.25) is 4.79 Å². The van der Waals surface area contributed by atoms with Crippen LogP contribution in [0.5, 0.6) is 5.75 Å². The molecule has 2 fully saturated rings. The van der Waals surface area contributed by atoms with Crippen molar-refractivity contribution in [3.05, 3.63) is 29.8 Å². The van der Waals surface area contributed by atoms with E-state index in [4.69, 9.17) is 10.00 Å². The lowest BCUT2D eigenvalue weighted by atomic mass is 9.95. The summed E-state index contributed by atoms with van der Waals surface area (Å²) in [4.78, 5) is 27.8. The van der Waals surface area contributed by atoms with Crippen LogP contribution in [0.15, 0.2) is 24.3 Å². The highest BCUT2D eigenvalue weighted by molar-refractivity contribution is 5.78. The van der Waals surface area contributed by atoms with Gasteiger partial charge < -0.3 is 14.5 Å². The molecular formula is C19H22FN3O3. The Balaban J connectivity index is 1.67. The molecule has 0 radical (unpaired) electrons. The van der Waals surface area contributed by atoms with E-state index >= 15 is 0 Å². The van der Waals surface area contributed by atoms with Gasteiger partial charge >= 0.3 is 6.09 Å². The molecule has 3 atom stereocenters. The molecule has 3 rings (SSSR count). The number of halogens is 1. The molecule has 7 heteroatoms.